The van der Waals surface area contributed by atoms with E-state index in [9.17, 15) is 0 Å². The molecule has 112 valence electrons. The maximum Gasteiger partial charge on any atom is 0.0352 e. The minimum absolute atomic E-state index is 0. The molecule has 0 fully saturated rings. The molecule has 19 heavy (non-hydrogen) atoms. The first-order valence-electron chi connectivity index (χ1n) is 7.47. The van der Waals surface area contributed by atoms with Crippen LogP contribution in [0.1, 0.15) is 74.4 Å². The van der Waals surface area contributed by atoms with Crippen LogP contribution in [0.2, 0.25) is 0 Å². The van der Waals surface area contributed by atoms with E-state index in [0.717, 1.165) is 0 Å². The van der Waals surface area contributed by atoms with E-state index in [1.165, 1.54) is 17.5 Å². The van der Waals surface area contributed by atoms with Crippen molar-refractivity contribution in [2.75, 3.05) is 0 Å². The molecular weight excluding hydrogens is 230 g/mol. The summed E-state index contributed by atoms with van der Waals surface area (Å²) in [7, 11) is 0. The zero-order valence-electron chi connectivity index (χ0n) is 14.2. The van der Waals surface area contributed by atoms with E-state index in [4.69, 9.17) is 5.73 Å². The van der Waals surface area contributed by atoms with Gasteiger partial charge in [-0.2, -0.15) is 0 Å². The van der Waals surface area contributed by atoms with Gasteiger partial charge in [-0.15, -0.1) is 0 Å². The van der Waals surface area contributed by atoms with Crippen LogP contribution < -0.4 is 5.73 Å². The fraction of sp³-hybridized carbons (Fsp3) is 0.667. The molecule has 0 bridgehead atoms. The van der Waals surface area contributed by atoms with Gasteiger partial charge >= 0.3 is 0 Å². The lowest BCUT2D eigenvalue weighted by Gasteiger charge is -2.30. The number of rotatable bonds is 3. The maximum absolute atomic E-state index is 6.08. The number of hydrogen-bond donors (Lipinski definition) is 1. The molecular formula is C18H35N. The third-order valence-corrected chi connectivity index (χ3v) is 3.82. The summed E-state index contributed by atoms with van der Waals surface area (Å²) in [6.07, 6.45) is 1.25. The van der Waals surface area contributed by atoms with E-state index in [1.54, 1.807) is 0 Å². The Bertz CT molecular complexity index is 358. The summed E-state index contributed by atoms with van der Waals surface area (Å²) in [6, 6.07) is 8.73. The first kappa shape index (κ1) is 18.2. The standard InChI is InChI=1S/C15H25N.C3H8.H2/c1-11(2)14(3,4)12-7-9-13(10-8-12)15(5,6)16;1-3-2;/h7-11H,16H2,1-6H3;3H2,1-2H3;1H. The molecule has 1 aromatic carbocycles. The van der Waals surface area contributed by atoms with Gasteiger partial charge < -0.3 is 5.73 Å². The number of nitrogens with two attached hydrogens (primary N) is 1. The summed E-state index contributed by atoms with van der Waals surface area (Å²) in [6.45, 7) is 17.4. The Kier molecular flexibility index (Phi) is 6.79. The second-order valence-electron chi connectivity index (χ2n) is 6.88. The molecule has 0 aliphatic heterocycles. The summed E-state index contributed by atoms with van der Waals surface area (Å²) < 4.78 is 0. The Balaban J connectivity index is 0. The van der Waals surface area contributed by atoms with Crippen molar-refractivity contribution >= 4 is 0 Å². The largest absolute Gasteiger partial charge is 0.322 e. The van der Waals surface area contributed by atoms with Crippen LogP contribution in [-0.2, 0) is 11.0 Å². The molecule has 1 nitrogen and oxygen atoms in total. The third-order valence-electron chi connectivity index (χ3n) is 3.82. The minimum atomic E-state index is -0.250. The van der Waals surface area contributed by atoms with Crippen molar-refractivity contribution < 1.29 is 1.43 Å². The van der Waals surface area contributed by atoms with E-state index in [0.29, 0.717) is 5.92 Å². The van der Waals surface area contributed by atoms with Gasteiger partial charge in [0.25, 0.3) is 0 Å². The van der Waals surface area contributed by atoms with Crippen LogP contribution in [0.4, 0.5) is 0 Å². The average molecular weight is 265 g/mol. The lowest BCUT2D eigenvalue weighted by Crippen LogP contribution is -2.29. The van der Waals surface area contributed by atoms with Crippen molar-refractivity contribution in [3.8, 4) is 0 Å². The number of benzene rings is 1. The molecule has 0 aromatic heterocycles. The molecule has 0 atom stereocenters. The monoisotopic (exact) mass is 265 g/mol. The number of hydrogen-bond acceptors (Lipinski definition) is 1. The quantitative estimate of drug-likeness (QED) is 0.770. The van der Waals surface area contributed by atoms with Crippen molar-refractivity contribution in [1.29, 1.82) is 0 Å². The molecule has 0 saturated heterocycles. The summed E-state index contributed by atoms with van der Waals surface area (Å²) in [5.41, 5.74) is 8.62. The Hall–Kier alpha value is -0.820. The van der Waals surface area contributed by atoms with Crippen molar-refractivity contribution in [3.05, 3.63) is 35.4 Å². The van der Waals surface area contributed by atoms with E-state index in [-0.39, 0.29) is 12.4 Å². The second-order valence-corrected chi connectivity index (χ2v) is 6.88. The van der Waals surface area contributed by atoms with Gasteiger partial charge in [0, 0.05) is 6.97 Å². The third kappa shape index (κ3) is 5.36. The van der Waals surface area contributed by atoms with E-state index in [1.807, 2.05) is 13.8 Å². The Morgan fingerprint density at radius 2 is 1.26 bits per heavy atom. The average Bonchev–Trinajstić information content (AvgIpc) is 2.29. The highest BCUT2D eigenvalue weighted by molar-refractivity contribution is 5.31. The highest BCUT2D eigenvalue weighted by Gasteiger charge is 2.25. The van der Waals surface area contributed by atoms with Crippen molar-refractivity contribution in [1.82, 2.24) is 0 Å². The van der Waals surface area contributed by atoms with Gasteiger partial charge in [0.1, 0.15) is 0 Å². The Morgan fingerprint density at radius 1 is 0.947 bits per heavy atom. The zero-order chi connectivity index (χ0) is 15.3. The molecule has 0 aliphatic carbocycles. The van der Waals surface area contributed by atoms with Gasteiger partial charge in [-0.3, -0.25) is 0 Å². The highest BCUT2D eigenvalue weighted by Crippen LogP contribution is 2.32. The predicted molar refractivity (Wildman–Crippen MR) is 89.6 cm³/mol. The first-order chi connectivity index (χ1) is 8.57. The SMILES string of the molecule is CC(C)C(C)(C)c1ccc(C(C)(C)N)cc1.CCC.[HH]. The second kappa shape index (κ2) is 7.09. The molecule has 0 aliphatic rings. The fourth-order valence-corrected chi connectivity index (χ4v) is 1.66. The van der Waals surface area contributed by atoms with Crippen LogP contribution in [0.5, 0.6) is 0 Å². The van der Waals surface area contributed by atoms with Crippen LogP contribution in [0.25, 0.3) is 0 Å². The van der Waals surface area contributed by atoms with Crippen LogP contribution in [0.15, 0.2) is 24.3 Å². The molecule has 0 radical (unpaired) electrons. The zero-order valence-corrected chi connectivity index (χ0v) is 14.2. The normalized spacial score (nSPS) is 12.1. The molecule has 0 amide bonds. The smallest absolute Gasteiger partial charge is 0.0352 e. The van der Waals surface area contributed by atoms with Gasteiger partial charge in [0.05, 0.1) is 0 Å². The topological polar surface area (TPSA) is 26.0 Å². The minimum Gasteiger partial charge on any atom is -0.322 e. The van der Waals surface area contributed by atoms with E-state index >= 15 is 0 Å². The Labute approximate surface area is 122 Å². The molecule has 1 aromatic rings. The Morgan fingerprint density at radius 3 is 1.53 bits per heavy atom. The van der Waals surface area contributed by atoms with E-state index in [2.05, 4.69) is 65.8 Å². The molecule has 2 N–H and O–H groups in total. The van der Waals surface area contributed by atoms with Gasteiger partial charge in [-0.05, 0) is 36.3 Å². The van der Waals surface area contributed by atoms with Crippen LogP contribution in [-0.4, -0.2) is 0 Å². The summed E-state index contributed by atoms with van der Waals surface area (Å²) in [5, 5.41) is 0. The van der Waals surface area contributed by atoms with Crippen LogP contribution >= 0.6 is 0 Å². The summed E-state index contributed by atoms with van der Waals surface area (Å²) in [5.74, 6) is 0.629. The van der Waals surface area contributed by atoms with Crippen LogP contribution in [0.3, 0.4) is 0 Å². The first-order valence-corrected chi connectivity index (χ1v) is 7.47. The van der Waals surface area contributed by atoms with Crippen molar-refractivity contribution in [3.63, 3.8) is 0 Å². The van der Waals surface area contributed by atoms with Gasteiger partial charge in [-0.1, -0.05) is 72.2 Å². The molecule has 0 spiro atoms. The molecule has 0 heterocycles. The fourth-order valence-electron chi connectivity index (χ4n) is 1.66. The lowest BCUT2D eigenvalue weighted by atomic mass is 9.75. The van der Waals surface area contributed by atoms with Crippen molar-refractivity contribution in [2.45, 2.75) is 72.8 Å². The van der Waals surface area contributed by atoms with Crippen LogP contribution in [0, 0.1) is 5.92 Å². The van der Waals surface area contributed by atoms with Gasteiger partial charge in [0.15, 0.2) is 0 Å². The summed E-state index contributed by atoms with van der Waals surface area (Å²) >= 11 is 0. The molecule has 0 unspecified atom stereocenters. The maximum atomic E-state index is 6.08. The van der Waals surface area contributed by atoms with Crippen molar-refractivity contribution in [2.24, 2.45) is 11.7 Å². The highest BCUT2D eigenvalue weighted by atomic mass is 14.7. The lowest BCUT2D eigenvalue weighted by molar-refractivity contribution is 0.372. The molecule has 1 heteroatoms. The van der Waals surface area contributed by atoms with E-state index < -0.39 is 0 Å². The predicted octanol–water partition coefficient (Wildman–Crippen LogP) is 5.48. The van der Waals surface area contributed by atoms with Gasteiger partial charge in [0.2, 0.25) is 0 Å². The molecule has 1 rings (SSSR count). The van der Waals surface area contributed by atoms with Gasteiger partial charge in [-0.25, -0.2) is 0 Å². The molecule has 0 saturated carbocycles. The summed E-state index contributed by atoms with van der Waals surface area (Å²) in [4.78, 5) is 0.